The number of halogens is 2. The molecule has 2 rings (SSSR count). The van der Waals surface area contributed by atoms with Crippen LogP contribution in [0.2, 0.25) is 0 Å². The van der Waals surface area contributed by atoms with Crippen LogP contribution in [0.15, 0.2) is 17.1 Å². The van der Waals surface area contributed by atoms with Gasteiger partial charge in [0.2, 0.25) is 5.96 Å². The second-order valence-corrected chi connectivity index (χ2v) is 10.6. The summed E-state index contributed by atoms with van der Waals surface area (Å²) in [6.45, 7) is 10.7. The molecule has 1 aliphatic heterocycles. The van der Waals surface area contributed by atoms with Gasteiger partial charge in [-0.3, -0.25) is 0 Å². The van der Waals surface area contributed by atoms with E-state index in [1.54, 1.807) is 41.5 Å². The molecule has 1 aromatic rings. The van der Waals surface area contributed by atoms with E-state index in [1.807, 2.05) is 0 Å². The molecule has 10 nitrogen and oxygen atoms in total. The van der Waals surface area contributed by atoms with Crippen LogP contribution in [0.25, 0.3) is 0 Å². The van der Waals surface area contributed by atoms with E-state index in [0.717, 1.165) is 11.0 Å². The molecule has 1 aliphatic rings. The number of carbonyl (C=O) groups is 3. The number of carbonyl (C=O) groups excluding carboxylic acids is 3. The molecule has 0 atom stereocenters. The summed E-state index contributed by atoms with van der Waals surface area (Å²) in [4.78, 5) is 47.6. The molecule has 0 spiro atoms. The van der Waals surface area contributed by atoms with Gasteiger partial charge in [-0.25, -0.2) is 28.1 Å². The lowest BCUT2D eigenvalue weighted by Gasteiger charge is -2.42. The third kappa shape index (κ3) is 7.53. The molecule has 0 saturated carbocycles. The number of hydrogen-bond acceptors (Lipinski definition) is 5. The van der Waals surface area contributed by atoms with Crippen LogP contribution in [0.1, 0.15) is 52.7 Å². The maximum Gasteiger partial charge on any atom is 0.437 e. The summed E-state index contributed by atoms with van der Waals surface area (Å²) < 4.78 is 39.7. The normalized spacial score (nSPS) is 15.2. The van der Waals surface area contributed by atoms with Crippen molar-refractivity contribution >= 4 is 24.2 Å². The molecule has 0 aliphatic carbocycles. The lowest BCUT2D eigenvalue weighted by atomic mass is 10.1. The first-order valence-electron chi connectivity index (χ1n) is 11.4. The number of benzene rings is 1. The molecule has 0 radical (unpaired) electrons. The van der Waals surface area contributed by atoms with Crippen LogP contribution in [0.3, 0.4) is 0 Å². The maximum atomic E-state index is 15.0. The highest BCUT2D eigenvalue weighted by molar-refractivity contribution is 5.99. The molecule has 0 unspecified atom stereocenters. The molecule has 4 amide bonds. The Balaban J connectivity index is 2.64. The minimum Gasteiger partial charge on any atom is -0.443 e. The molecule has 1 saturated heterocycles. The van der Waals surface area contributed by atoms with Gasteiger partial charge in [-0.1, -0.05) is 6.07 Å². The summed E-state index contributed by atoms with van der Waals surface area (Å²) in [6.07, 6.45) is -1.92. The Morgan fingerprint density at radius 2 is 1.53 bits per heavy atom. The summed E-state index contributed by atoms with van der Waals surface area (Å²) in [6, 6.07) is 2.01. The van der Waals surface area contributed by atoms with Gasteiger partial charge < -0.3 is 24.2 Å². The van der Waals surface area contributed by atoms with Gasteiger partial charge in [0, 0.05) is 25.2 Å². The number of aliphatic imine (C=N–C) groups is 1. The number of urea groups is 1. The van der Waals surface area contributed by atoms with Crippen LogP contribution in [-0.2, 0) is 16.0 Å². The van der Waals surface area contributed by atoms with E-state index in [-0.39, 0.29) is 36.5 Å². The van der Waals surface area contributed by atoms with Gasteiger partial charge in [-0.15, -0.1) is 4.99 Å². The van der Waals surface area contributed by atoms with E-state index in [0.29, 0.717) is 0 Å². The number of rotatable bonds is 2. The Bertz CT molecular complexity index is 1030. The molecule has 200 valence electrons. The van der Waals surface area contributed by atoms with E-state index in [4.69, 9.17) is 9.47 Å². The molecular formula is C24H35F2N5O5. The van der Waals surface area contributed by atoms with Crippen LogP contribution >= 0.6 is 0 Å². The Morgan fingerprint density at radius 3 is 2.03 bits per heavy atom. The molecule has 36 heavy (non-hydrogen) atoms. The van der Waals surface area contributed by atoms with E-state index >= 15 is 0 Å². The average molecular weight is 512 g/mol. The third-order valence-electron chi connectivity index (χ3n) is 4.87. The molecular weight excluding hydrogens is 476 g/mol. The number of amides is 4. The van der Waals surface area contributed by atoms with Crippen molar-refractivity contribution in [3.05, 3.63) is 34.9 Å². The largest absolute Gasteiger partial charge is 0.443 e. The minimum absolute atomic E-state index is 0.0218. The van der Waals surface area contributed by atoms with E-state index in [2.05, 4.69) is 4.99 Å². The quantitative estimate of drug-likeness (QED) is 0.428. The summed E-state index contributed by atoms with van der Waals surface area (Å²) in [5.74, 6) is -1.80. The highest BCUT2D eigenvalue weighted by Crippen LogP contribution is 2.22. The fraction of sp³-hybridized carbons (Fsp3) is 0.583. The van der Waals surface area contributed by atoms with Crippen molar-refractivity contribution in [1.29, 1.82) is 0 Å². The smallest absolute Gasteiger partial charge is 0.437 e. The molecule has 1 heterocycles. The van der Waals surface area contributed by atoms with Gasteiger partial charge in [-0.05, 0) is 54.5 Å². The lowest BCUT2D eigenvalue weighted by Crippen LogP contribution is -2.60. The SMILES string of the molecule is Cc1c(F)ccc(CN(C(=O)OC(C)(C)C)/C(=N\C(=O)OC(C)(C)C)N2CN(C)C(=O)N(C)C2)c1F. The topological polar surface area (TPSA) is 95.0 Å². The zero-order valence-electron chi connectivity index (χ0n) is 22.3. The summed E-state index contributed by atoms with van der Waals surface area (Å²) >= 11 is 0. The summed E-state index contributed by atoms with van der Waals surface area (Å²) in [5, 5.41) is 0. The number of hydrogen-bond donors (Lipinski definition) is 0. The van der Waals surface area contributed by atoms with Gasteiger partial charge >= 0.3 is 18.2 Å². The summed E-state index contributed by atoms with van der Waals surface area (Å²) in [5.41, 5.74) is -2.06. The van der Waals surface area contributed by atoms with Crippen molar-refractivity contribution in [2.75, 3.05) is 27.4 Å². The highest BCUT2D eigenvalue weighted by atomic mass is 19.1. The number of guanidine groups is 1. The predicted octanol–water partition coefficient (Wildman–Crippen LogP) is 4.52. The molecule has 0 aromatic heterocycles. The van der Waals surface area contributed by atoms with Crippen molar-refractivity contribution in [1.82, 2.24) is 19.6 Å². The Kier molecular flexibility index (Phi) is 8.53. The second-order valence-electron chi connectivity index (χ2n) is 10.6. The number of nitrogens with zero attached hydrogens (tertiary/aromatic N) is 5. The maximum absolute atomic E-state index is 15.0. The first kappa shape index (κ1) is 28.8. The van der Waals surface area contributed by atoms with E-state index in [1.165, 1.54) is 41.8 Å². The average Bonchev–Trinajstić information content (AvgIpc) is 2.71. The van der Waals surface area contributed by atoms with Crippen LogP contribution in [0, 0.1) is 18.6 Å². The molecule has 1 fully saturated rings. The molecule has 12 heteroatoms. The summed E-state index contributed by atoms with van der Waals surface area (Å²) in [7, 11) is 3.08. The van der Waals surface area contributed by atoms with E-state index in [9.17, 15) is 23.2 Å². The Labute approximate surface area is 210 Å². The standard InChI is InChI=1S/C24H35F2N5O5/c1-15-17(25)11-10-16(18(15)26)12-31(22(34)36-24(5,6)7)19(27-20(32)35-23(2,3)4)30-13-28(8)21(33)29(9)14-30/h10-11H,12-14H2,1-9H3/b27-19-. The van der Waals surface area contributed by atoms with Gasteiger partial charge in [0.05, 0.1) is 19.9 Å². The molecule has 0 N–H and O–H groups in total. The van der Waals surface area contributed by atoms with Gasteiger partial charge in [0.15, 0.2) is 0 Å². The van der Waals surface area contributed by atoms with Crippen LogP contribution < -0.4 is 0 Å². The van der Waals surface area contributed by atoms with Crippen molar-refractivity contribution in [3.63, 3.8) is 0 Å². The van der Waals surface area contributed by atoms with Crippen molar-refractivity contribution in [2.24, 2.45) is 4.99 Å². The minimum atomic E-state index is -0.996. The lowest BCUT2D eigenvalue weighted by molar-refractivity contribution is 0.0299. The zero-order chi connectivity index (χ0) is 27.6. The molecule has 1 aromatic carbocycles. The van der Waals surface area contributed by atoms with Crippen LogP contribution in [-0.4, -0.2) is 82.4 Å². The van der Waals surface area contributed by atoms with Crippen molar-refractivity contribution in [3.8, 4) is 0 Å². The second kappa shape index (κ2) is 10.7. The third-order valence-corrected chi connectivity index (χ3v) is 4.87. The zero-order valence-corrected chi connectivity index (χ0v) is 22.3. The Hall–Kier alpha value is -3.44. The number of ether oxygens (including phenoxy) is 2. The Morgan fingerprint density at radius 1 is 1.00 bits per heavy atom. The van der Waals surface area contributed by atoms with Crippen LogP contribution in [0.4, 0.5) is 23.2 Å². The highest BCUT2D eigenvalue weighted by Gasteiger charge is 2.36. The fourth-order valence-corrected chi connectivity index (χ4v) is 3.31. The van der Waals surface area contributed by atoms with Gasteiger partial charge in [-0.2, -0.15) is 0 Å². The monoisotopic (exact) mass is 511 g/mol. The predicted molar refractivity (Wildman–Crippen MR) is 129 cm³/mol. The molecule has 0 bridgehead atoms. The fourth-order valence-electron chi connectivity index (χ4n) is 3.31. The van der Waals surface area contributed by atoms with E-state index < -0.39 is 41.6 Å². The van der Waals surface area contributed by atoms with Crippen molar-refractivity contribution < 1.29 is 32.6 Å². The van der Waals surface area contributed by atoms with Gasteiger partial charge in [0.25, 0.3) is 0 Å². The van der Waals surface area contributed by atoms with Crippen LogP contribution in [0.5, 0.6) is 0 Å². The van der Waals surface area contributed by atoms with Crippen molar-refractivity contribution in [2.45, 2.75) is 66.2 Å². The first-order chi connectivity index (χ1) is 16.4. The van der Waals surface area contributed by atoms with Gasteiger partial charge in [0.1, 0.15) is 22.8 Å². The first-order valence-corrected chi connectivity index (χ1v) is 11.4.